The van der Waals surface area contributed by atoms with Crippen molar-refractivity contribution >= 4 is 47.2 Å². The fraction of sp³-hybridized carbons (Fsp3) is 0.795. The SMILES string of the molecule is C=CCC(OC(C)=O)C(=O)OP(CCCC)(CCCC)(CCCC)N1C(=O)[C@H]([C@@H](C)O[Si](C)(C)C(C)(C)C)[C@H]1CC(=O)c1cc(C)n(CCO[Si](C)(C)C(C)(C)C)n1. The number of ether oxygens (including phenoxy) is 1. The number of rotatable bonds is 25. The molecule has 334 valence electrons. The van der Waals surface area contributed by atoms with Gasteiger partial charge in [-0.25, -0.2) is 0 Å². The van der Waals surface area contributed by atoms with Gasteiger partial charge in [0.1, 0.15) is 0 Å². The van der Waals surface area contributed by atoms with Gasteiger partial charge in [-0.2, -0.15) is 0 Å². The first-order valence-corrected chi connectivity index (χ1v) is 30.4. The molecule has 1 aromatic rings. The molecule has 1 fully saturated rings. The van der Waals surface area contributed by atoms with Crippen molar-refractivity contribution in [2.75, 3.05) is 25.1 Å². The second-order valence-corrected chi connectivity index (χ2v) is 34.5. The van der Waals surface area contributed by atoms with E-state index in [9.17, 15) is 14.4 Å². The maximum atomic E-state index is 15.3. The van der Waals surface area contributed by atoms with Crippen LogP contribution in [0.3, 0.4) is 0 Å². The van der Waals surface area contributed by atoms with E-state index in [1.165, 1.54) is 6.92 Å². The molecule has 1 aliphatic rings. The molecule has 2 heterocycles. The van der Waals surface area contributed by atoms with Crippen molar-refractivity contribution in [3.05, 3.63) is 30.1 Å². The number of hydrogen-bond acceptors (Lipinski definition) is 9. The normalized spacial score (nSPS) is 18.5. The summed E-state index contributed by atoms with van der Waals surface area (Å²) in [5.74, 6) is -2.18. The van der Waals surface area contributed by atoms with Crippen LogP contribution >= 0.6 is 6.98 Å². The molecule has 0 saturated carbocycles. The molecule has 1 aliphatic heterocycles. The molecule has 0 bridgehead atoms. The zero-order valence-electron chi connectivity index (χ0n) is 39.4. The molecule has 2 rings (SSSR count). The number of ketones is 1. The molecule has 1 saturated heterocycles. The number of esters is 1. The van der Waals surface area contributed by atoms with Gasteiger partial charge in [-0.3, -0.25) is 0 Å². The van der Waals surface area contributed by atoms with Gasteiger partial charge in [0.2, 0.25) is 0 Å². The molecule has 0 aromatic carbocycles. The van der Waals surface area contributed by atoms with E-state index in [1.54, 1.807) is 6.08 Å². The van der Waals surface area contributed by atoms with Gasteiger partial charge in [-0.15, -0.1) is 0 Å². The van der Waals surface area contributed by atoms with Crippen molar-refractivity contribution in [1.29, 1.82) is 0 Å². The molecule has 58 heavy (non-hydrogen) atoms. The third kappa shape index (κ3) is 12.2. The number of nitrogens with zero attached hydrogens (tertiary/aromatic N) is 3. The van der Waals surface area contributed by atoms with E-state index in [0.717, 1.165) is 44.2 Å². The summed E-state index contributed by atoms with van der Waals surface area (Å²) < 4.78 is 29.7. The van der Waals surface area contributed by atoms with E-state index in [2.05, 4.69) is 95.1 Å². The number of Topliss-reactive ketones (excluding diaryl/α,β-unsaturated/α-hetero) is 1. The summed E-state index contributed by atoms with van der Waals surface area (Å²) in [5, 5.41) is 4.77. The van der Waals surface area contributed by atoms with Crippen LogP contribution in [0.1, 0.15) is 144 Å². The van der Waals surface area contributed by atoms with Crippen molar-refractivity contribution in [2.45, 2.75) is 196 Å². The Morgan fingerprint density at radius 2 is 1.45 bits per heavy atom. The molecule has 1 aromatic heterocycles. The number of amides is 1. The van der Waals surface area contributed by atoms with Crippen molar-refractivity contribution in [2.24, 2.45) is 5.92 Å². The Morgan fingerprint density at radius 1 is 0.931 bits per heavy atom. The number of β-lactam (4-membered cyclic amide) rings is 1. The van der Waals surface area contributed by atoms with Crippen LogP contribution in [0.5, 0.6) is 0 Å². The fourth-order valence-corrected chi connectivity index (χ4v) is 17.0. The number of hydrogen-bond donors (Lipinski definition) is 0. The van der Waals surface area contributed by atoms with E-state index < -0.39 is 59.7 Å². The van der Waals surface area contributed by atoms with Crippen molar-refractivity contribution in [3.8, 4) is 0 Å². The minimum atomic E-state index is -4.02. The summed E-state index contributed by atoms with van der Waals surface area (Å²) in [6.45, 7) is 34.2. The minimum absolute atomic E-state index is 0.0123. The van der Waals surface area contributed by atoms with E-state index in [-0.39, 0.29) is 34.6 Å². The van der Waals surface area contributed by atoms with Crippen LogP contribution in [-0.4, -0.2) is 98.1 Å². The Bertz CT molecular complexity index is 1560. The number of aryl methyl sites for hydroxylation is 1. The third-order valence-corrected chi connectivity index (χ3v) is 28.5. The molecule has 0 aliphatic carbocycles. The van der Waals surface area contributed by atoms with Crippen molar-refractivity contribution in [1.82, 2.24) is 14.5 Å². The van der Waals surface area contributed by atoms with Crippen LogP contribution in [0.25, 0.3) is 0 Å². The zero-order chi connectivity index (χ0) is 44.5. The molecule has 1 amide bonds. The van der Waals surface area contributed by atoms with E-state index >= 15 is 4.79 Å². The third-order valence-electron chi connectivity index (χ3n) is 13.1. The second-order valence-electron chi connectivity index (χ2n) is 19.8. The summed E-state index contributed by atoms with van der Waals surface area (Å²) in [6, 6.07) is 1.24. The fourth-order valence-electron chi connectivity index (χ4n) is 7.61. The Kier molecular flexibility index (Phi) is 18.4. The van der Waals surface area contributed by atoms with Gasteiger partial charge in [0.25, 0.3) is 0 Å². The predicted octanol–water partition coefficient (Wildman–Crippen LogP) is 10.9. The Hall–Kier alpha value is -2.19. The average molecular weight is 868 g/mol. The standard InChI is InChI=1S/C44H82N3O8PSi2/c1-18-22-28-56(29-23-19-2,30-24-20-3,54-42(51)39(25-21-4)53-35(7)48)47-37(40(41(47)50)34(6)55-58(16,17)44(11,12)13)32-38(49)36-31-33(5)46(45-36)26-27-52-57(14,15)43(8,9)10/h21,31,34,37,39-40H,4,18-20,22-30,32H2,1-3,5-17H3/t34-,37-,39?,40-/m1/s1. The number of unbranched alkanes of at least 4 members (excludes halogenated alkanes) is 3. The van der Waals surface area contributed by atoms with Crippen molar-refractivity contribution in [3.63, 3.8) is 0 Å². The average Bonchev–Trinajstić information content (AvgIpc) is 3.47. The number of aromatic nitrogens is 2. The summed E-state index contributed by atoms with van der Waals surface area (Å²) in [4.78, 5) is 56.6. The molecule has 4 atom stereocenters. The van der Waals surface area contributed by atoms with Crippen LogP contribution in [-0.2, 0) is 39.0 Å². The van der Waals surface area contributed by atoms with Crippen LogP contribution in [0.4, 0.5) is 0 Å². The van der Waals surface area contributed by atoms with Crippen LogP contribution in [0, 0.1) is 12.8 Å². The summed E-state index contributed by atoms with van der Waals surface area (Å²) in [7, 11) is -4.32. The predicted molar refractivity (Wildman–Crippen MR) is 244 cm³/mol. The first kappa shape index (κ1) is 52.0. The van der Waals surface area contributed by atoms with Gasteiger partial charge >= 0.3 is 335 Å². The van der Waals surface area contributed by atoms with Crippen LogP contribution in [0.15, 0.2) is 18.7 Å². The van der Waals surface area contributed by atoms with Crippen molar-refractivity contribution < 1.29 is 37.3 Å². The summed E-state index contributed by atoms with van der Waals surface area (Å²) >= 11 is 0. The summed E-state index contributed by atoms with van der Waals surface area (Å²) in [6.07, 6.45) is 6.14. The van der Waals surface area contributed by atoms with Crippen LogP contribution in [0.2, 0.25) is 36.3 Å². The van der Waals surface area contributed by atoms with Gasteiger partial charge in [0.05, 0.1) is 0 Å². The van der Waals surface area contributed by atoms with Gasteiger partial charge in [0, 0.05) is 0 Å². The monoisotopic (exact) mass is 868 g/mol. The Balaban J connectivity index is 2.81. The Morgan fingerprint density at radius 3 is 1.90 bits per heavy atom. The first-order valence-electron chi connectivity index (χ1n) is 21.9. The van der Waals surface area contributed by atoms with Gasteiger partial charge in [-0.05, 0) is 0 Å². The number of carbonyl (C=O) groups excluding carboxylic acids is 4. The number of carbonyl (C=O) groups is 4. The molecule has 0 radical (unpaired) electrons. The van der Waals surface area contributed by atoms with E-state index in [4.69, 9.17) is 23.2 Å². The second kappa shape index (κ2) is 20.6. The zero-order valence-corrected chi connectivity index (χ0v) is 42.3. The molecular formula is C44H82N3O8PSi2. The van der Waals surface area contributed by atoms with E-state index in [1.807, 2.05) is 29.3 Å². The topological polar surface area (TPSA) is 126 Å². The molecule has 14 heteroatoms. The summed E-state index contributed by atoms with van der Waals surface area (Å²) in [5.41, 5.74) is 1.20. The molecule has 11 nitrogen and oxygen atoms in total. The van der Waals surface area contributed by atoms with Gasteiger partial charge in [-0.1, -0.05) is 20.8 Å². The maximum absolute atomic E-state index is 15.3. The first-order chi connectivity index (χ1) is 26.7. The molecule has 0 N–H and O–H groups in total. The molecule has 1 unspecified atom stereocenters. The Labute approximate surface area is 354 Å². The van der Waals surface area contributed by atoms with Gasteiger partial charge < -0.3 is 0 Å². The molecular weight excluding hydrogens is 786 g/mol. The van der Waals surface area contributed by atoms with Gasteiger partial charge in [0.15, 0.2) is 0 Å². The van der Waals surface area contributed by atoms with E-state index in [0.29, 0.717) is 37.3 Å². The molecule has 0 spiro atoms. The van der Waals surface area contributed by atoms with Crippen LogP contribution < -0.4 is 0 Å². The quantitative estimate of drug-likeness (QED) is 0.0236.